The summed E-state index contributed by atoms with van der Waals surface area (Å²) in [5, 5.41) is 11.2. The monoisotopic (exact) mass is 290 g/mol. The number of thiazole rings is 1. The second kappa shape index (κ2) is 8.02. The van der Waals surface area contributed by atoms with Gasteiger partial charge in [0.1, 0.15) is 5.01 Å². The van der Waals surface area contributed by atoms with Crippen molar-refractivity contribution in [3.63, 3.8) is 0 Å². The molecule has 0 amide bonds. The summed E-state index contributed by atoms with van der Waals surface area (Å²) < 4.78 is 4.78. The van der Waals surface area contributed by atoms with Gasteiger partial charge in [0, 0.05) is 17.2 Å². The van der Waals surface area contributed by atoms with Crippen LogP contribution in [-0.2, 0) is 14.3 Å². The van der Waals surface area contributed by atoms with Crippen LogP contribution in [0.3, 0.4) is 0 Å². The van der Waals surface area contributed by atoms with E-state index < -0.39 is 24.3 Å². The first kappa shape index (κ1) is 15.8. The Morgan fingerprint density at radius 2 is 2.30 bits per heavy atom. The molecule has 0 fully saturated rings. The Hall–Kier alpha value is -2.26. The van der Waals surface area contributed by atoms with Gasteiger partial charge in [-0.15, -0.1) is 11.3 Å². The first-order chi connectivity index (χ1) is 9.58. The molecular weight excluding hydrogens is 276 g/mol. The summed E-state index contributed by atoms with van der Waals surface area (Å²) in [4.78, 5) is 27.2. The number of esters is 1. The summed E-state index contributed by atoms with van der Waals surface area (Å²) in [5.74, 6) is -2.08. The molecule has 20 heavy (non-hydrogen) atoms. The third-order valence-electron chi connectivity index (χ3n) is 2.23. The highest BCUT2D eigenvalue weighted by molar-refractivity contribution is 7.09. The van der Waals surface area contributed by atoms with Crippen LogP contribution >= 0.6 is 11.3 Å². The molecule has 5 nitrogen and oxygen atoms in total. The molecule has 1 rings (SSSR count). The van der Waals surface area contributed by atoms with Crippen LogP contribution in [0, 0.1) is 18.3 Å². The SMILES string of the molecule is C/C=C/C=C/C(=O)OCC(=O)[C@H](C#N)c1nc(C)cs1. The lowest BCUT2D eigenvalue weighted by Gasteiger charge is -2.05. The number of nitriles is 1. The van der Waals surface area contributed by atoms with Crippen LogP contribution in [0.15, 0.2) is 29.7 Å². The number of hydrogen-bond acceptors (Lipinski definition) is 6. The summed E-state index contributed by atoms with van der Waals surface area (Å²) in [6.07, 6.45) is 6.14. The van der Waals surface area contributed by atoms with E-state index >= 15 is 0 Å². The van der Waals surface area contributed by atoms with E-state index in [1.807, 2.05) is 13.0 Å². The summed E-state index contributed by atoms with van der Waals surface area (Å²) in [6, 6.07) is 1.89. The summed E-state index contributed by atoms with van der Waals surface area (Å²) in [7, 11) is 0. The highest BCUT2D eigenvalue weighted by Gasteiger charge is 2.24. The van der Waals surface area contributed by atoms with Crippen molar-refractivity contribution >= 4 is 23.1 Å². The van der Waals surface area contributed by atoms with Crippen LogP contribution in [-0.4, -0.2) is 23.3 Å². The van der Waals surface area contributed by atoms with Crippen LogP contribution in [0.4, 0.5) is 0 Å². The number of ether oxygens (including phenoxy) is 1. The van der Waals surface area contributed by atoms with Crippen LogP contribution in [0.1, 0.15) is 23.5 Å². The fourth-order valence-electron chi connectivity index (χ4n) is 1.29. The smallest absolute Gasteiger partial charge is 0.331 e. The minimum atomic E-state index is -0.985. The van der Waals surface area contributed by atoms with Gasteiger partial charge in [-0.05, 0) is 13.8 Å². The number of allylic oxidation sites excluding steroid dienone is 3. The molecule has 1 aromatic heterocycles. The largest absolute Gasteiger partial charge is 0.454 e. The normalized spacial score (nSPS) is 12.4. The van der Waals surface area contributed by atoms with Crippen molar-refractivity contribution in [1.82, 2.24) is 4.98 Å². The molecule has 0 spiro atoms. The number of hydrogen-bond donors (Lipinski definition) is 0. The number of carbonyl (C=O) groups is 2. The van der Waals surface area contributed by atoms with Crippen molar-refractivity contribution < 1.29 is 14.3 Å². The van der Waals surface area contributed by atoms with E-state index in [2.05, 4.69) is 4.98 Å². The molecule has 0 unspecified atom stereocenters. The lowest BCUT2D eigenvalue weighted by molar-refractivity contribution is -0.143. The Morgan fingerprint density at radius 1 is 1.55 bits per heavy atom. The number of rotatable bonds is 6. The first-order valence-electron chi connectivity index (χ1n) is 5.89. The second-order valence-corrected chi connectivity index (χ2v) is 4.74. The van der Waals surface area contributed by atoms with Gasteiger partial charge >= 0.3 is 5.97 Å². The molecule has 0 saturated carbocycles. The molecule has 0 aliphatic heterocycles. The van der Waals surface area contributed by atoms with E-state index in [4.69, 9.17) is 10.00 Å². The maximum absolute atomic E-state index is 11.8. The lowest BCUT2D eigenvalue weighted by atomic mass is 10.1. The lowest BCUT2D eigenvalue weighted by Crippen LogP contribution is -2.19. The van der Waals surface area contributed by atoms with Crippen LogP contribution in [0.2, 0.25) is 0 Å². The fourth-order valence-corrected chi connectivity index (χ4v) is 2.15. The van der Waals surface area contributed by atoms with Gasteiger partial charge in [0.25, 0.3) is 0 Å². The number of aromatic nitrogens is 1. The average molecular weight is 290 g/mol. The number of aryl methyl sites for hydroxylation is 1. The van der Waals surface area contributed by atoms with Gasteiger partial charge in [-0.2, -0.15) is 5.26 Å². The molecule has 0 aliphatic rings. The minimum absolute atomic E-state index is 0.426. The van der Waals surface area contributed by atoms with Gasteiger partial charge in [0.05, 0.1) is 6.07 Å². The zero-order chi connectivity index (χ0) is 15.0. The predicted octanol–water partition coefficient (Wildman–Crippen LogP) is 2.30. The Labute approximate surface area is 121 Å². The van der Waals surface area contributed by atoms with Crippen molar-refractivity contribution in [3.8, 4) is 6.07 Å². The quantitative estimate of drug-likeness (QED) is 0.456. The van der Waals surface area contributed by atoms with E-state index in [1.165, 1.54) is 23.5 Å². The molecule has 0 N–H and O–H groups in total. The third kappa shape index (κ3) is 4.78. The Bertz CT molecular complexity index is 581. The minimum Gasteiger partial charge on any atom is -0.454 e. The van der Waals surface area contributed by atoms with Crippen molar-refractivity contribution in [2.24, 2.45) is 0 Å². The average Bonchev–Trinajstić information content (AvgIpc) is 2.84. The van der Waals surface area contributed by atoms with Crippen LogP contribution in [0.25, 0.3) is 0 Å². The molecule has 1 heterocycles. The Morgan fingerprint density at radius 3 is 2.85 bits per heavy atom. The summed E-state index contributed by atoms with van der Waals surface area (Å²) in [5.41, 5.74) is 0.754. The number of ketones is 1. The van der Waals surface area contributed by atoms with Crippen molar-refractivity contribution in [3.05, 3.63) is 40.4 Å². The van der Waals surface area contributed by atoms with E-state index in [0.717, 1.165) is 5.69 Å². The van der Waals surface area contributed by atoms with Gasteiger partial charge in [-0.3, -0.25) is 4.79 Å². The first-order valence-corrected chi connectivity index (χ1v) is 6.77. The molecule has 104 valence electrons. The van der Waals surface area contributed by atoms with Crippen molar-refractivity contribution in [1.29, 1.82) is 5.26 Å². The highest BCUT2D eigenvalue weighted by Crippen LogP contribution is 2.20. The zero-order valence-corrected chi connectivity index (χ0v) is 12.0. The van der Waals surface area contributed by atoms with Crippen molar-refractivity contribution in [2.75, 3.05) is 6.61 Å². The van der Waals surface area contributed by atoms with Gasteiger partial charge in [0.2, 0.25) is 0 Å². The molecule has 0 aromatic carbocycles. The molecular formula is C14H14N2O3S. The predicted molar refractivity (Wildman–Crippen MR) is 75.1 cm³/mol. The van der Waals surface area contributed by atoms with E-state index in [0.29, 0.717) is 5.01 Å². The number of carbonyl (C=O) groups excluding carboxylic acids is 2. The van der Waals surface area contributed by atoms with Crippen molar-refractivity contribution in [2.45, 2.75) is 19.8 Å². The second-order valence-electron chi connectivity index (χ2n) is 3.85. The number of Topliss-reactive ketones (excluding diaryl/α,β-unsaturated/α-hetero) is 1. The molecule has 0 radical (unpaired) electrons. The maximum atomic E-state index is 11.8. The van der Waals surface area contributed by atoms with Crippen LogP contribution in [0.5, 0.6) is 0 Å². The van der Waals surface area contributed by atoms with E-state index in [1.54, 1.807) is 24.5 Å². The van der Waals surface area contributed by atoms with E-state index in [-0.39, 0.29) is 0 Å². The van der Waals surface area contributed by atoms with Crippen LogP contribution < -0.4 is 0 Å². The van der Waals surface area contributed by atoms with Gasteiger partial charge < -0.3 is 4.74 Å². The standard InChI is InChI=1S/C14H14N2O3S/c1-3-4-5-6-13(18)19-8-12(17)11(7-15)14-16-10(2)9-20-14/h3-6,9,11H,8H2,1-2H3/b4-3+,6-5+/t11-/m0/s1. The zero-order valence-electron chi connectivity index (χ0n) is 11.2. The molecule has 0 bridgehead atoms. The number of nitrogens with zero attached hydrogens (tertiary/aromatic N) is 2. The Kier molecular flexibility index (Phi) is 6.33. The topological polar surface area (TPSA) is 80.0 Å². The highest BCUT2D eigenvalue weighted by atomic mass is 32.1. The van der Waals surface area contributed by atoms with E-state index in [9.17, 15) is 9.59 Å². The molecule has 1 atom stereocenters. The van der Waals surface area contributed by atoms with Gasteiger partial charge in [-0.1, -0.05) is 18.2 Å². The molecule has 0 saturated heterocycles. The maximum Gasteiger partial charge on any atom is 0.331 e. The Balaban J connectivity index is 2.57. The summed E-state index contributed by atoms with van der Waals surface area (Å²) >= 11 is 1.24. The molecule has 0 aliphatic carbocycles. The van der Waals surface area contributed by atoms with Gasteiger partial charge in [0.15, 0.2) is 18.3 Å². The molecule has 1 aromatic rings. The molecule has 6 heteroatoms. The summed E-state index contributed by atoms with van der Waals surface area (Å²) in [6.45, 7) is 3.16. The fraction of sp³-hybridized carbons (Fsp3) is 0.286. The third-order valence-corrected chi connectivity index (χ3v) is 3.25. The van der Waals surface area contributed by atoms with Gasteiger partial charge in [-0.25, -0.2) is 9.78 Å².